The Labute approximate surface area is 231 Å². The number of alkyl halides is 2. The number of aliphatic hydroxyl groups excluding tert-OH is 1. The molecule has 6 rings (SSSR count). The zero-order chi connectivity index (χ0) is 29.0. The number of ether oxygens (including phenoxy) is 1. The minimum absolute atomic E-state index is 0.118. The minimum atomic E-state index is -3.43. The Morgan fingerprint density at radius 3 is 2.76 bits per heavy atom. The maximum atomic E-state index is 15.9. The summed E-state index contributed by atoms with van der Waals surface area (Å²) in [6, 6.07) is 0. The van der Waals surface area contributed by atoms with Gasteiger partial charge in [-0.05, 0) is 6.16 Å². The average Bonchev–Trinajstić information content (AvgIpc) is 3.64. The lowest BCUT2D eigenvalue weighted by atomic mass is 10.0. The summed E-state index contributed by atoms with van der Waals surface area (Å²) >= 11 is 0. The van der Waals surface area contributed by atoms with Crippen LogP contribution in [0.15, 0.2) is 23.8 Å². The van der Waals surface area contributed by atoms with Crippen LogP contribution in [0.3, 0.4) is 0 Å². The molecule has 4 aromatic heterocycles. The number of nitrogens with one attached hydrogen (secondary N) is 1. The van der Waals surface area contributed by atoms with E-state index in [1.165, 1.54) is 17.2 Å². The van der Waals surface area contributed by atoms with Crippen LogP contribution in [0, 0.1) is 5.92 Å². The lowest BCUT2D eigenvalue weighted by Crippen LogP contribution is -2.38. The van der Waals surface area contributed by atoms with Gasteiger partial charge in [0.05, 0.1) is 25.4 Å². The molecule has 0 spiro atoms. The Kier molecular flexibility index (Phi) is 7.46. The van der Waals surface area contributed by atoms with Gasteiger partial charge in [0.25, 0.3) is 5.56 Å². The van der Waals surface area contributed by atoms with Gasteiger partial charge in [-0.25, -0.2) is 28.7 Å². The van der Waals surface area contributed by atoms with Gasteiger partial charge in [-0.15, -0.1) is 8.58 Å². The molecule has 41 heavy (non-hydrogen) atoms. The van der Waals surface area contributed by atoms with Gasteiger partial charge in [0.1, 0.15) is 24.1 Å². The summed E-state index contributed by atoms with van der Waals surface area (Å²) < 4.78 is 63.9. The van der Waals surface area contributed by atoms with Crippen molar-refractivity contribution in [3.63, 3.8) is 0 Å². The molecule has 6 N–H and O–H groups in total. The number of hydrogen-bond donors (Lipinski definition) is 4. The van der Waals surface area contributed by atoms with Crippen LogP contribution in [0.4, 0.5) is 20.5 Å². The molecule has 4 aromatic rings. The minimum Gasteiger partial charge on any atom is -0.382 e. The Morgan fingerprint density at radius 1 is 1.17 bits per heavy atom. The fraction of sp³-hybridized carbons (Fsp3) is 0.524. The molecule has 3 unspecified atom stereocenters. The van der Waals surface area contributed by atoms with E-state index in [9.17, 15) is 14.5 Å². The maximum absolute atomic E-state index is 15.9. The summed E-state index contributed by atoms with van der Waals surface area (Å²) in [5.74, 6) is -0.849. The third-order valence-corrected chi connectivity index (χ3v) is 9.77. The monoisotopic (exact) mass is 614 g/mol. The number of aliphatic hydroxyl groups is 1. The van der Waals surface area contributed by atoms with E-state index in [-0.39, 0.29) is 49.9 Å². The van der Waals surface area contributed by atoms with Crippen molar-refractivity contribution in [2.24, 2.45) is 5.92 Å². The topological polar surface area (TPSA) is 224 Å². The molecule has 0 aliphatic carbocycles. The van der Waals surface area contributed by atoms with Gasteiger partial charge in [0.2, 0.25) is 5.95 Å². The fourth-order valence-electron chi connectivity index (χ4n) is 5.05. The molecule has 220 valence electrons. The molecule has 10 atom stereocenters. The van der Waals surface area contributed by atoms with Crippen molar-refractivity contribution in [1.82, 2.24) is 39.0 Å². The third-order valence-electron chi connectivity index (χ3n) is 7.23. The SMILES string of the molecule is CC1PC[C@H]2[C@H](F)[C@H](n3cnc4c(N)ncnc43)O[C@@H]2CO[PH](=O)O[C@@H]([C@@H](O)n2cnc3c(=O)[nH]c(N)nc32)[C@@H]1F. The van der Waals surface area contributed by atoms with E-state index < -0.39 is 62.4 Å². The average molecular weight is 614 g/mol. The standard InChI is InChI=1S/C21H26F2N10O6P2/c1-7-10(22)14(19(35)32-5-29-13-17(32)30-21(25)31-18(13)34)39-41(36)37-2-9-8(3-40-7)11(23)20(38-9)33-6-28-12-15(24)26-4-27-16(12)33/h4-11,14,19-20,35,40-41H,2-3H2,1H3,(H2,24,26,27)(H3,25,30,31,34)/t7?,8-,9-,10-,11+,14-,19-,20-/m1/s1. The van der Waals surface area contributed by atoms with E-state index in [4.69, 9.17) is 25.3 Å². The Balaban J connectivity index is 1.25. The number of rotatable bonds is 3. The number of aromatic nitrogens is 8. The molecular formula is C21H26F2N10O6P2. The predicted octanol–water partition coefficient (Wildman–Crippen LogP) is 0.677. The normalized spacial score (nSPS) is 32.7. The lowest BCUT2D eigenvalue weighted by Gasteiger charge is -2.29. The largest absolute Gasteiger partial charge is 0.382 e. The lowest BCUT2D eigenvalue weighted by molar-refractivity contribution is -0.0593. The van der Waals surface area contributed by atoms with Gasteiger partial charge in [0, 0.05) is 11.6 Å². The van der Waals surface area contributed by atoms with Crippen LogP contribution in [-0.2, 0) is 18.3 Å². The number of nitrogens with zero attached hydrogens (tertiary/aromatic N) is 7. The number of aromatic amines is 1. The molecular weight excluding hydrogens is 588 g/mol. The fourth-order valence-corrected chi connectivity index (χ4v) is 7.44. The number of nitrogen functional groups attached to an aromatic ring is 2. The number of halogens is 2. The molecule has 6 heterocycles. The first-order valence-electron chi connectivity index (χ1n) is 12.5. The predicted molar refractivity (Wildman–Crippen MR) is 143 cm³/mol. The van der Waals surface area contributed by atoms with E-state index in [1.54, 1.807) is 6.92 Å². The number of fused-ring (bicyclic) bond motifs is 3. The van der Waals surface area contributed by atoms with E-state index in [1.807, 2.05) is 0 Å². The maximum Gasteiger partial charge on any atom is 0.319 e. The van der Waals surface area contributed by atoms with Crippen LogP contribution >= 0.6 is 16.8 Å². The molecule has 0 bridgehead atoms. The van der Waals surface area contributed by atoms with Crippen molar-refractivity contribution in [2.45, 2.75) is 49.6 Å². The summed E-state index contributed by atoms with van der Waals surface area (Å²) in [4.78, 5) is 34.5. The van der Waals surface area contributed by atoms with E-state index in [0.717, 1.165) is 10.9 Å². The van der Waals surface area contributed by atoms with Crippen LogP contribution < -0.4 is 17.0 Å². The third kappa shape index (κ3) is 4.98. The van der Waals surface area contributed by atoms with Crippen LogP contribution in [0.5, 0.6) is 0 Å². The summed E-state index contributed by atoms with van der Waals surface area (Å²) in [6.07, 6.45) is -5.03. The second-order valence-electron chi connectivity index (χ2n) is 9.73. The number of imidazole rings is 2. The van der Waals surface area contributed by atoms with Crippen molar-refractivity contribution in [2.75, 3.05) is 24.2 Å². The van der Waals surface area contributed by atoms with Crippen LogP contribution in [0.25, 0.3) is 22.3 Å². The molecule has 0 amide bonds. The summed E-state index contributed by atoms with van der Waals surface area (Å²) in [7, 11) is -3.57. The summed E-state index contributed by atoms with van der Waals surface area (Å²) in [5, 5.41) is 11.1. The quantitative estimate of drug-likeness (QED) is 0.233. The molecule has 16 nitrogen and oxygen atoms in total. The number of hydrogen-bond acceptors (Lipinski definition) is 13. The van der Waals surface area contributed by atoms with Crippen LogP contribution in [-0.4, -0.2) is 87.1 Å². The zero-order valence-electron chi connectivity index (χ0n) is 21.3. The molecule has 2 aliphatic heterocycles. The molecule has 2 saturated heterocycles. The van der Waals surface area contributed by atoms with Crippen molar-refractivity contribution in [3.8, 4) is 0 Å². The number of anilines is 2. The first-order valence-corrected chi connectivity index (χ1v) is 15.0. The smallest absolute Gasteiger partial charge is 0.319 e. The zero-order valence-corrected chi connectivity index (χ0v) is 23.3. The summed E-state index contributed by atoms with van der Waals surface area (Å²) in [6.45, 7) is 1.26. The van der Waals surface area contributed by atoms with Crippen molar-refractivity contribution >= 4 is 50.9 Å². The Hall–Kier alpha value is -3.14. The first-order chi connectivity index (χ1) is 19.6. The van der Waals surface area contributed by atoms with Gasteiger partial charge >= 0.3 is 8.25 Å². The Morgan fingerprint density at radius 2 is 1.95 bits per heavy atom. The van der Waals surface area contributed by atoms with Crippen LogP contribution in [0.2, 0.25) is 0 Å². The van der Waals surface area contributed by atoms with Gasteiger partial charge < -0.3 is 25.8 Å². The van der Waals surface area contributed by atoms with Gasteiger partial charge in [0.15, 0.2) is 41.3 Å². The highest BCUT2D eigenvalue weighted by Crippen LogP contribution is 2.45. The first kappa shape index (κ1) is 28.0. The van der Waals surface area contributed by atoms with Gasteiger partial charge in [-0.3, -0.25) is 28.0 Å². The van der Waals surface area contributed by atoms with E-state index in [2.05, 4.69) is 29.9 Å². The van der Waals surface area contributed by atoms with Crippen molar-refractivity contribution in [1.29, 1.82) is 0 Å². The van der Waals surface area contributed by atoms with E-state index >= 15 is 8.78 Å². The molecule has 0 radical (unpaired) electrons. The highest BCUT2D eigenvalue weighted by atomic mass is 31.1. The van der Waals surface area contributed by atoms with Gasteiger partial charge in [-0.2, -0.15) is 4.98 Å². The summed E-state index contributed by atoms with van der Waals surface area (Å²) in [5.41, 5.74) is 10.4. The molecule has 2 fully saturated rings. The molecule has 2 aliphatic rings. The number of H-pyrrole nitrogens is 1. The second-order valence-corrected chi connectivity index (χ2v) is 12.5. The molecule has 20 heteroatoms. The number of nitrogens with two attached hydrogens (primary N) is 2. The van der Waals surface area contributed by atoms with Crippen LogP contribution in [0.1, 0.15) is 19.4 Å². The van der Waals surface area contributed by atoms with Crippen molar-refractivity contribution in [3.05, 3.63) is 29.3 Å². The Bertz CT molecular complexity index is 1670. The molecule has 0 aromatic carbocycles. The highest BCUT2D eigenvalue weighted by molar-refractivity contribution is 7.39. The van der Waals surface area contributed by atoms with E-state index in [0.29, 0.717) is 5.52 Å². The van der Waals surface area contributed by atoms with Crippen molar-refractivity contribution < 1.29 is 32.2 Å². The molecule has 0 saturated carbocycles. The van der Waals surface area contributed by atoms with Gasteiger partial charge in [-0.1, -0.05) is 6.92 Å². The highest BCUT2D eigenvalue weighted by Gasteiger charge is 2.48. The second kappa shape index (κ2) is 10.9.